The molecule has 2 aliphatic heterocycles. The molecule has 5 fully saturated rings. The number of nitrogens with zero attached hydrogens (tertiary/aromatic N) is 2. The van der Waals surface area contributed by atoms with Crippen molar-refractivity contribution in [2.24, 2.45) is 17.3 Å². The lowest BCUT2D eigenvalue weighted by Gasteiger charge is -2.39. The first-order valence-corrected chi connectivity index (χ1v) is 15.4. The van der Waals surface area contributed by atoms with Crippen molar-refractivity contribution in [2.75, 3.05) is 11.5 Å². The smallest absolute Gasteiger partial charge is 0.335 e. The van der Waals surface area contributed by atoms with E-state index < -0.39 is 11.8 Å². The van der Waals surface area contributed by atoms with E-state index in [0.29, 0.717) is 28.2 Å². The number of hydrogen-bond donors (Lipinski definition) is 3. The lowest BCUT2D eigenvalue weighted by atomic mass is 9.76. The molecule has 1 aromatic heterocycles. The highest BCUT2D eigenvalue weighted by Crippen LogP contribution is 2.57. The topological polar surface area (TPSA) is 107 Å². The Morgan fingerprint density at radius 3 is 2.36 bits per heavy atom. The quantitative estimate of drug-likeness (QED) is 0.243. The van der Waals surface area contributed by atoms with Crippen LogP contribution in [0.5, 0.6) is 0 Å². The van der Waals surface area contributed by atoms with Crippen LogP contribution in [-0.2, 0) is 4.74 Å². The van der Waals surface area contributed by atoms with Gasteiger partial charge in [0.25, 0.3) is 0 Å². The van der Waals surface area contributed by atoms with Gasteiger partial charge in [-0.25, -0.2) is 14.2 Å². The molecule has 3 heterocycles. The third-order valence-electron chi connectivity index (χ3n) is 10.1. The number of fused-ring (bicyclic) bond motifs is 3. The number of aromatic carboxylic acids is 1. The Balaban J connectivity index is 1.04. The molecular weight excluding hydrogens is 517 g/mol. The number of piperidine rings is 1. The van der Waals surface area contributed by atoms with Gasteiger partial charge in [0.1, 0.15) is 11.3 Å². The second-order valence-corrected chi connectivity index (χ2v) is 13.6. The normalized spacial score (nSPS) is 28.6. The third-order valence-corrected chi connectivity index (χ3v) is 11.1. The Bertz CT molecular complexity index is 1340. The molecule has 5 aliphatic rings. The SMILES string of the molecule is N=C(/C(COC1CC2CC[C@@H](C1)N2c1nc2c(F)cc(C(=O)O)cc2s1)=C(\O)C1CC1)C1CCC2(CC1)CC2. The molecule has 3 aliphatic carbocycles. The summed E-state index contributed by atoms with van der Waals surface area (Å²) in [5.74, 6) is -0.922. The highest BCUT2D eigenvalue weighted by molar-refractivity contribution is 7.22. The van der Waals surface area contributed by atoms with Crippen molar-refractivity contribution in [1.82, 2.24) is 4.98 Å². The number of rotatable bonds is 8. The van der Waals surface area contributed by atoms with Gasteiger partial charge in [-0.15, -0.1) is 0 Å². The van der Waals surface area contributed by atoms with Gasteiger partial charge in [-0.05, 0) is 94.6 Å². The number of carbonyl (C=O) groups is 1. The number of nitrogens with one attached hydrogen (secondary N) is 1. The molecule has 7 rings (SSSR count). The van der Waals surface area contributed by atoms with E-state index >= 15 is 0 Å². The van der Waals surface area contributed by atoms with Gasteiger partial charge < -0.3 is 25.3 Å². The molecule has 0 amide bonds. The molecule has 3 atom stereocenters. The number of hydrogen-bond acceptors (Lipinski definition) is 7. The van der Waals surface area contributed by atoms with Crippen LogP contribution < -0.4 is 4.90 Å². The Hall–Kier alpha value is -2.52. The van der Waals surface area contributed by atoms with Gasteiger partial charge in [0, 0.05) is 35.2 Å². The van der Waals surface area contributed by atoms with Crippen LogP contribution in [0.25, 0.3) is 10.2 Å². The number of halogens is 1. The number of allylic oxidation sites excluding steroid dienone is 1. The zero-order valence-electron chi connectivity index (χ0n) is 22.1. The molecule has 9 heteroatoms. The van der Waals surface area contributed by atoms with E-state index in [-0.39, 0.29) is 41.1 Å². The number of carboxylic acid groups (broad SMARTS) is 1. The van der Waals surface area contributed by atoms with Crippen molar-refractivity contribution >= 4 is 38.4 Å². The number of anilines is 1. The minimum absolute atomic E-state index is 0.0411. The fourth-order valence-corrected chi connectivity index (χ4v) is 8.49. The number of ether oxygens (including phenoxy) is 1. The molecule has 7 nitrogen and oxygen atoms in total. The Morgan fingerprint density at radius 1 is 1.05 bits per heavy atom. The molecule has 208 valence electrons. The zero-order chi connectivity index (χ0) is 26.9. The molecule has 2 saturated heterocycles. The first-order valence-electron chi connectivity index (χ1n) is 14.5. The second kappa shape index (κ2) is 9.54. The van der Waals surface area contributed by atoms with Crippen molar-refractivity contribution in [2.45, 2.75) is 95.2 Å². The Kier molecular flexibility index (Phi) is 6.23. The summed E-state index contributed by atoms with van der Waals surface area (Å²) in [7, 11) is 0. The van der Waals surface area contributed by atoms with E-state index in [1.807, 2.05) is 0 Å². The van der Waals surface area contributed by atoms with Gasteiger partial charge in [0.15, 0.2) is 10.9 Å². The van der Waals surface area contributed by atoms with Crippen molar-refractivity contribution in [3.05, 3.63) is 34.8 Å². The van der Waals surface area contributed by atoms with Crippen LogP contribution in [0.1, 0.15) is 87.4 Å². The first kappa shape index (κ1) is 25.4. The lowest BCUT2D eigenvalue weighted by Crippen LogP contribution is -2.45. The Labute approximate surface area is 231 Å². The number of aromatic nitrogens is 1. The molecule has 0 radical (unpaired) electrons. The van der Waals surface area contributed by atoms with E-state index in [4.69, 9.17) is 10.1 Å². The fourth-order valence-electron chi connectivity index (χ4n) is 7.32. The molecule has 1 aromatic carbocycles. The van der Waals surface area contributed by atoms with Crippen molar-refractivity contribution in [3.8, 4) is 0 Å². The third kappa shape index (κ3) is 4.75. The van der Waals surface area contributed by atoms with E-state index in [2.05, 4.69) is 9.88 Å². The number of aliphatic hydroxyl groups excluding tert-OH is 1. The summed E-state index contributed by atoms with van der Waals surface area (Å²) in [6, 6.07) is 3.01. The average molecular weight is 554 g/mol. The maximum Gasteiger partial charge on any atom is 0.335 e. The maximum atomic E-state index is 14.6. The summed E-state index contributed by atoms with van der Waals surface area (Å²) in [4.78, 5) is 18.2. The van der Waals surface area contributed by atoms with E-state index in [0.717, 1.165) is 68.1 Å². The molecule has 3 N–H and O–H groups in total. The first-order chi connectivity index (χ1) is 18.8. The van der Waals surface area contributed by atoms with Gasteiger partial charge >= 0.3 is 5.97 Å². The minimum atomic E-state index is -1.15. The summed E-state index contributed by atoms with van der Waals surface area (Å²) in [5.41, 5.74) is 2.09. The highest BCUT2D eigenvalue weighted by Gasteiger charge is 2.46. The molecule has 1 spiro atoms. The fraction of sp³-hybridized carbons (Fsp3) is 0.633. The lowest BCUT2D eigenvalue weighted by molar-refractivity contribution is 0.0407. The van der Waals surface area contributed by atoms with Gasteiger partial charge in [-0.3, -0.25) is 0 Å². The van der Waals surface area contributed by atoms with E-state index in [1.165, 1.54) is 43.1 Å². The molecule has 2 bridgehead atoms. The van der Waals surface area contributed by atoms with Crippen LogP contribution in [0, 0.1) is 28.5 Å². The average Bonchev–Trinajstić information content (AvgIpc) is 3.84. The van der Waals surface area contributed by atoms with Gasteiger partial charge in [0.05, 0.1) is 23.0 Å². The predicted molar refractivity (Wildman–Crippen MR) is 149 cm³/mol. The summed E-state index contributed by atoms with van der Waals surface area (Å²) >= 11 is 1.36. The van der Waals surface area contributed by atoms with E-state index in [9.17, 15) is 19.4 Å². The monoisotopic (exact) mass is 553 g/mol. The second-order valence-electron chi connectivity index (χ2n) is 12.6. The largest absolute Gasteiger partial charge is 0.512 e. The summed E-state index contributed by atoms with van der Waals surface area (Å²) in [6.07, 6.45) is 13.0. The van der Waals surface area contributed by atoms with E-state index in [1.54, 1.807) is 0 Å². The molecule has 2 unspecified atom stereocenters. The van der Waals surface area contributed by atoms with Crippen LogP contribution >= 0.6 is 11.3 Å². The van der Waals surface area contributed by atoms with Crippen molar-refractivity contribution < 1.29 is 24.1 Å². The molecular formula is C30H36FN3O4S. The summed E-state index contributed by atoms with van der Waals surface area (Å²) < 4.78 is 21.6. The molecule has 39 heavy (non-hydrogen) atoms. The van der Waals surface area contributed by atoms with Crippen LogP contribution in [0.2, 0.25) is 0 Å². The number of aliphatic hydroxyl groups is 1. The van der Waals surface area contributed by atoms with Crippen LogP contribution in [0.15, 0.2) is 23.5 Å². The number of thiazole rings is 1. The van der Waals surface area contributed by atoms with Gasteiger partial charge in [-0.2, -0.15) is 0 Å². The highest BCUT2D eigenvalue weighted by atomic mass is 32.1. The number of carboxylic acids is 1. The standard InChI is InChI=1S/C30H36FN3O4S/c31-23-11-18(28(36)37)12-24-26(23)33-29(39-24)34-19-3-4-20(34)14-21(13-19)38-15-22(27(35)17-1-2-17)25(32)16-5-7-30(8-6-16)9-10-30/h11-12,16-17,19-21,32,35H,1-10,13-15H2,(H,36,37)/b27-22-,32-25?/t19-,20?,21?/m0/s1. The predicted octanol–water partition coefficient (Wildman–Crippen LogP) is 6.86. The summed E-state index contributed by atoms with van der Waals surface area (Å²) in [6.45, 7) is 0.303. The van der Waals surface area contributed by atoms with Crippen LogP contribution in [0.3, 0.4) is 0 Å². The summed E-state index contributed by atoms with van der Waals surface area (Å²) in [5, 5.41) is 30.1. The maximum absolute atomic E-state index is 14.6. The van der Waals surface area contributed by atoms with Crippen molar-refractivity contribution in [3.63, 3.8) is 0 Å². The Morgan fingerprint density at radius 2 is 1.74 bits per heavy atom. The molecule has 3 saturated carbocycles. The van der Waals surface area contributed by atoms with Crippen molar-refractivity contribution in [1.29, 1.82) is 5.41 Å². The zero-order valence-corrected chi connectivity index (χ0v) is 22.9. The minimum Gasteiger partial charge on any atom is -0.512 e. The van der Waals surface area contributed by atoms with Crippen LogP contribution in [0.4, 0.5) is 9.52 Å². The van der Waals surface area contributed by atoms with Gasteiger partial charge in [-0.1, -0.05) is 11.3 Å². The molecule has 2 aromatic rings. The van der Waals surface area contributed by atoms with Gasteiger partial charge in [0.2, 0.25) is 0 Å². The van der Waals surface area contributed by atoms with Crippen LogP contribution in [-0.4, -0.2) is 51.7 Å². The number of benzene rings is 1.